The largest absolute Gasteiger partial charge is 0.333 e. The number of rotatable bonds is 3. The van der Waals surface area contributed by atoms with E-state index in [1.165, 1.54) is 36.1 Å². The predicted octanol–water partition coefficient (Wildman–Crippen LogP) is 3.33. The molecule has 0 aliphatic heterocycles. The van der Waals surface area contributed by atoms with Crippen LogP contribution in [0.1, 0.15) is 49.0 Å². The summed E-state index contributed by atoms with van der Waals surface area (Å²) in [4.78, 5) is 7.02. The summed E-state index contributed by atoms with van der Waals surface area (Å²) in [5.74, 6) is 1.53. The lowest BCUT2D eigenvalue weighted by molar-refractivity contribution is 0.400. The van der Waals surface area contributed by atoms with Gasteiger partial charge in [0.1, 0.15) is 0 Å². The molecule has 2 heterocycles. The molecule has 1 aliphatic carbocycles. The van der Waals surface area contributed by atoms with Gasteiger partial charge in [-0.05, 0) is 43.2 Å². The number of hydrogen-bond acceptors (Lipinski definition) is 5. The van der Waals surface area contributed by atoms with Crippen LogP contribution in [0, 0.1) is 5.92 Å². The first kappa shape index (κ1) is 12.8. The van der Waals surface area contributed by atoms with Gasteiger partial charge in [0.25, 0.3) is 5.89 Å². The molecule has 0 saturated carbocycles. The van der Waals surface area contributed by atoms with Crippen molar-refractivity contribution in [3.63, 3.8) is 0 Å². The van der Waals surface area contributed by atoms with E-state index in [1.807, 2.05) is 0 Å². The maximum atomic E-state index is 6.05. The van der Waals surface area contributed by atoms with E-state index in [4.69, 9.17) is 10.3 Å². The normalized spacial score (nSPS) is 16.6. The number of nitrogens with two attached hydrogens (primary N) is 1. The predicted molar refractivity (Wildman–Crippen MR) is 76.0 cm³/mol. The fourth-order valence-electron chi connectivity index (χ4n) is 2.36. The number of thiophene rings is 1. The molecule has 0 saturated heterocycles. The molecule has 0 fully saturated rings. The second kappa shape index (κ2) is 5.06. The van der Waals surface area contributed by atoms with E-state index in [0.717, 1.165) is 4.88 Å². The number of hydrogen-bond donors (Lipinski definition) is 1. The van der Waals surface area contributed by atoms with Crippen LogP contribution >= 0.6 is 11.3 Å². The van der Waals surface area contributed by atoms with Crippen LogP contribution in [0.3, 0.4) is 0 Å². The Bertz CT molecular complexity index is 550. The maximum absolute atomic E-state index is 6.05. The minimum atomic E-state index is -0.160. The first-order chi connectivity index (χ1) is 9.15. The summed E-state index contributed by atoms with van der Waals surface area (Å²) < 4.78 is 5.37. The molecule has 4 nitrogen and oxygen atoms in total. The van der Waals surface area contributed by atoms with Crippen molar-refractivity contribution in [1.82, 2.24) is 10.1 Å². The van der Waals surface area contributed by atoms with E-state index in [-0.39, 0.29) is 6.04 Å². The van der Waals surface area contributed by atoms with Gasteiger partial charge in [0, 0.05) is 4.88 Å². The summed E-state index contributed by atoms with van der Waals surface area (Å²) in [6.45, 7) is 4.12. The molecule has 5 heteroatoms. The van der Waals surface area contributed by atoms with E-state index in [2.05, 4.69) is 30.1 Å². The summed E-state index contributed by atoms with van der Waals surface area (Å²) >= 11 is 1.78. The van der Waals surface area contributed by atoms with Gasteiger partial charge in [-0.1, -0.05) is 19.0 Å². The fourth-order valence-corrected chi connectivity index (χ4v) is 3.54. The standard InChI is InChI=1S/C14H19N3OS/c1-8(2)12(15)13-16-14(18-17-13)11-7-9-5-3-4-6-10(9)19-11/h7-8,12H,3-6,15H2,1-2H3. The molecule has 3 rings (SSSR count). The van der Waals surface area contributed by atoms with Crippen molar-refractivity contribution < 1.29 is 4.52 Å². The summed E-state index contributed by atoms with van der Waals surface area (Å²) in [6, 6.07) is 2.05. The third-order valence-corrected chi connectivity index (χ3v) is 4.89. The van der Waals surface area contributed by atoms with Crippen molar-refractivity contribution in [3.05, 3.63) is 22.3 Å². The van der Waals surface area contributed by atoms with Crippen LogP contribution in [0.4, 0.5) is 0 Å². The van der Waals surface area contributed by atoms with Crippen LogP contribution in [0.5, 0.6) is 0 Å². The highest BCUT2D eigenvalue weighted by atomic mass is 32.1. The molecule has 102 valence electrons. The molecule has 0 amide bonds. The monoisotopic (exact) mass is 277 g/mol. The molecule has 19 heavy (non-hydrogen) atoms. The molecule has 2 aromatic heterocycles. The Morgan fingerprint density at radius 2 is 2.11 bits per heavy atom. The zero-order valence-corrected chi connectivity index (χ0v) is 12.2. The van der Waals surface area contributed by atoms with Crippen molar-refractivity contribution in [2.75, 3.05) is 0 Å². The molecule has 2 N–H and O–H groups in total. The number of aryl methyl sites for hydroxylation is 2. The average Bonchev–Trinajstić information content (AvgIpc) is 3.03. The van der Waals surface area contributed by atoms with Crippen LogP contribution in [-0.2, 0) is 12.8 Å². The molecular weight excluding hydrogens is 258 g/mol. The Morgan fingerprint density at radius 1 is 1.32 bits per heavy atom. The highest BCUT2D eigenvalue weighted by Crippen LogP contribution is 2.35. The van der Waals surface area contributed by atoms with Crippen molar-refractivity contribution >= 4 is 11.3 Å². The zero-order valence-electron chi connectivity index (χ0n) is 11.3. The molecular formula is C14H19N3OS. The fraction of sp³-hybridized carbons (Fsp3) is 0.571. The Kier molecular flexibility index (Phi) is 3.41. The highest BCUT2D eigenvalue weighted by molar-refractivity contribution is 7.15. The lowest BCUT2D eigenvalue weighted by Crippen LogP contribution is -2.18. The molecule has 0 radical (unpaired) electrons. The van der Waals surface area contributed by atoms with Crippen LogP contribution in [0.15, 0.2) is 10.6 Å². The van der Waals surface area contributed by atoms with Crippen LogP contribution in [-0.4, -0.2) is 10.1 Å². The van der Waals surface area contributed by atoms with Gasteiger partial charge < -0.3 is 10.3 Å². The van der Waals surface area contributed by atoms with E-state index in [0.29, 0.717) is 17.6 Å². The highest BCUT2D eigenvalue weighted by Gasteiger charge is 2.21. The SMILES string of the molecule is CC(C)C(N)c1noc(-c2cc3c(s2)CCCC3)n1. The third-order valence-electron chi connectivity index (χ3n) is 3.67. The molecule has 1 aliphatic rings. The van der Waals surface area contributed by atoms with Gasteiger partial charge in [-0.2, -0.15) is 4.98 Å². The van der Waals surface area contributed by atoms with E-state index in [9.17, 15) is 0 Å². The minimum Gasteiger partial charge on any atom is -0.333 e. The Labute approximate surface area is 117 Å². The number of nitrogens with zero attached hydrogens (tertiary/aromatic N) is 2. The van der Waals surface area contributed by atoms with Crippen molar-refractivity contribution in [3.8, 4) is 10.8 Å². The van der Waals surface area contributed by atoms with Gasteiger partial charge in [0.15, 0.2) is 5.82 Å². The van der Waals surface area contributed by atoms with Crippen LogP contribution < -0.4 is 5.73 Å². The quantitative estimate of drug-likeness (QED) is 0.934. The van der Waals surface area contributed by atoms with Gasteiger partial charge in [0.2, 0.25) is 0 Å². The van der Waals surface area contributed by atoms with Gasteiger partial charge >= 0.3 is 0 Å². The first-order valence-electron chi connectivity index (χ1n) is 6.86. The topological polar surface area (TPSA) is 64.9 Å². The van der Waals surface area contributed by atoms with Crippen LogP contribution in [0.25, 0.3) is 10.8 Å². The Hall–Kier alpha value is -1.20. The molecule has 0 spiro atoms. The third kappa shape index (κ3) is 2.44. The molecule has 0 bridgehead atoms. The van der Waals surface area contributed by atoms with Gasteiger partial charge in [-0.3, -0.25) is 0 Å². The number of fused-ring (bicyclic) bond motifs is 1. The van der Waals surface area contributed by atoms with E-state index >= 15 is 0 Å². The van der Waals surface area contributed by atoms with Gasteiger partial charge in [-0.25, -0.2) is 0 Å². The van der Waals surface area contributed by atoms with Crippen LogP contribution in [0.2, 0.25) is 0 Å². The van der Waals surface area contributed by atoms with Crippen molar-refractivity contribution in [1.29, 1.82) is 0 Å². The lowest BCUT2D eigenvalue weighted by atomic mass is 9.99. The lowest BCUT2D eigenvalue weighted by Gasteiger charge is -2.09. The smallest absolute Gasteiger partial charge is 0.268 e. The second-order valence-corrected chi connectivity index (χ2v) is 6.63. The Morgan fingerprint density at radius 3 is 2.84 bits per heavy atom. The molecule has 1 atom stereocenters. The first-order valence-corrected chi connectivity index (χ1v) is 7.68. The zero-order chi connectivity index (χ0) is 13.4. The van der Waals surface area contributed by atoms with Gasteiger partial charge in [0.05, 0.1) is 10.9 Å². The van der Waals surface area contributed by atoms with E-state index < -0.39 is 0 Å². The molecule has 1 unspecified atom stereocenters. The average molecular weight is 277 g/mol. The Balaban J connectivity index is 1.88. The summed E-state index contributed by atoms with van der Waals surface area (Å²) in [5.41, 5.74) is 7.50. The van der Waals surface area contributed by atoms with E-state index in [1.54, 1.807) is 11.3 Å². The van der Waals surface area contributed by atoms with Gasteiger partial charge in [-0.15, -0.1) is 11.3 Å². The maximum Gasteiger partial charge on any atom is 0.268 e. The van der Waals surface area contributed by atoms with Crippen molar-refractivity contribution in [2.45, 2.75) is 45.6 Å². The molecule has 0 aromatic carbocycles. The summed E-state index contributed by atoms with van der Waals surface area (Å²) in [6.07, 6.45) is 4.95. The summed E-state index contributed by atoms with van der Waals surface area (Å²) in [5, 5.41) is 4.02. The van der Waals surface area contributed by atoms with Crippen molar-refractivity contribution in [2.24, 2.45) is 11.7 Å². The second-order valence-electron chi connectivity index (χ2n) is 5.49. The number of aromatic nitrogens is 2. The summed E-state index contributed by atoms with van der Waals surface area (Å²) in [7, 11) is 0. The molecule has 2 aromatic rings. The minimum absolute atomic E-state index is 0.160.